The second kappa shape index (κ2) is 8.05. The number of halogens is 1. The minimum absolute atomic E-state index is 0.173. The molecule has 2 aromatic carbocycles. The summed E-state index contributed by atoms with van der Waals surface area (Å²) in [6.07, 6.45) is 4.25. The summed E-state index contributed by atoms with van der Waals surface area (Å²) >= 11 is 6.37. The number of ether oxygens (including phenoxy) is 2. The lowest BCUT2D eigenvalue weighted by molar-refractivity contribution is 0.206. The molecule has 1 aliphatic rings. The molecule has 7 nitrogen and oxygen atoms in total. The molecule has 1 aliphatic heterocycles. The molecular weight excluding hydrogens is 392 g/mol. The molecule has 0 saturated heterocycles. The van der Waals surface area contributed by atoms with Crippen LogP contribution >= 0.6 is 11.6 Å². The highest BCUT2D eigenvalue weighted by molar-refractivity contribution is 6.32. The van der Waals surface area contributed by atoms with E-state index in [0.717, 1.165) is 17.7 Å². The fourth-order valence-corrected chi connectivity index (χ4v) is 3.71. The van der Waals surface area contributed by atoms with E-state index in [-0.39, 0.29) is 6.03 Å². The van der Waals surface area contributed by atoms with Crippen molar-refractivity contribution in [2.75, 3.05) is 26.1 Å². The number of amides is 2. The molecule has 0 unspecified atom stereocenters. The molecular formula is C21H21ClN4O3. The zero-order chi connectivity index (χ0) is 20.4. The lowest BCUT2D eigenvalue weighted by Gasteiger charge is -2.29. The Labute approximate surface area is 173 Å². The molecule has 2 amide bonds. The maximum absolute atomic E-state index is 12.8. The summed E-state index contributed by atoms with van der Waals surface area (Å²) in [6.45, 7) is 1.12. The van der Waals surface area contributed by atoms with Crippen LogP contribution in [0.1, 0.15) is 11.1 Å². The quantitative estimate of drug-likeness (QED) is 0.699. The average molecular weight is 413 g/mol. The molecule has 0 fully saturated rings. The van der Waals surface area contributed by atoms with Gasteiger partial charge in [-0.05, 0) is 53.9 Å². The number of rotatable bonds is 4. The summed E-state index contributed by atoms with van der Waals surface area (Å²) in [7, 11) is 3.23. The number of methoxy groups -OCH3 is 2. The topological polar surface area (TPSA) is 68.6 Å². The zero-order valence-electron chi connectivity index (χ0n) is 16.2. The molecule has 150 valence electrons. The summed E-state index contributed by atoms with van der Waals surface area (Å²) in [5.41, 5.74) is 3.60. The summed E-state index contributed by atoms with van der Waals surface area (Å²) < 4.78 is 12.4. The van der Waals surface area contributed by atoms with Crippen molar-refractivity contribution in [2.24, 2.45) is 0 Å². The molecule has 0 spiro atoms. The highest BCUT2D eigenvalue weighted by atomic mass is 35.5. The van der Waals surface area contributed by atoms with E-state index in [1.165, 1.54) is 5.56 Å². The summed E-state index contributed by atoms with van der Waals surface area (Å²) in [6, 6.07) is 10.9. The van der Waals surface area contributed by atoms with Crippen molar-refractivity contribution in [2.45, 2.75) is 13.0 Å². The second-order valence-corrected chi connectivity index (χ2v) is 7.10. The average Bonchev–Trinajstić information content (AvgIpc) is 3.26. The van der Waals surface area contributed by atoms with E-state index >= 15 is 0 Å². The molecule has 3 aromatic rings. The van der Waals surface area contributed by atoms with E-state index in [1.54, 1.807) is 36.1 Å². The predicted molar refractivity (Wildman–Crippen MR) is 111 cm³/mol. The Morgan fingerprint density at radius 1 is 1.14 bits per heavy atom. The fourth-order valence-electron chi connectivity index (χ4n) is 3.44. The van der Waals surface area contributed by atoms with Crippen LogP contribution in [0.3, 0.4) is 0 Å². The Kier molecular flexibility index (Phi) is 5.31. The Morgan fingerprint density at radius 3 is 2.55 bits per heavy atom. The van der Waals surface area contributed by atoms with Crippen LogP contribution in [0.4, 0.5) is 10.5 Å². The van der Waals surface area contributed by atoms with Crippen LogP contribution in [0.5, 0.6) is 11.5 Å². The predicted octanol–water partition coefficient (Wildman–Crippen LogP) is 4.13. The van der Waals surface area contributed by atoms with Crippen molar-refractivity contribution < 1.29 is 14.3 Å². The van der Waals surface area contributed by atoms with Crippen molar-refractivity contribution in [1.82, 2.24) is 14.7 Å². The third-order valence-electron chi connectivity index (χ3n) is 4.96. The van der Waals surface area contributed by atoms with Gasteiger partial charge in [0.05, 0.1) is 24.9 Å². The molecule has 0 saturated carbocycles. The number of anilines is 1. The molecule has 1 aromatic heterocycles. The van der Waals surface area contributed by atoms with E-state index in [0.29, 0.717) is 35.3 Å². The zero-order valence-corrected chi connectivity index (χ0v) is 16.9. The Morgan fingerprint density at radius 2 is 1.90 bits per heavy atom. The number of carbonyl (C=O) groups excluding carboxylic acids is 1. The fraction of sp³-hybridized carbons (Fsp3) is 0.238. The molecule has 0 radical (unpaired) electrons. The standard InChI is InChI=1S/C21H21ClN4O3/c1-28-19-10-14-6-9-25(13-15(14)11-20(19)29-2)21(27)24-16-4-5-18(17(22)12-16)26-8-3-7-23-26/h3-5,7-8,10-12H,6,9,13H2,1-2H3,(H,24,27). The number of nitrogens with zero attached hydrogens (tertiary/aromatic N) is 3. The van der Waals surface area contributed by atoms with Crippen LogP contribution in [-0.4, -0.2) is 41.5 Å². The minimum atomic E-state index is -0.173. The normalized spacial score (nSPS) is 13.0. The minimum Gasteiger partial charge on any atom is -0.493 e. The van der Waals surface area contributed by atoms with Gasteiger partial charge in [-0.15, -0.1) is 0 Å². The summed E-state index contributed by atoms with van der Waals surface area (Å²) in [4.78, 5) is 14.5. The van der Waals surface area contributed by atoms with E-state index < -0.39 is 0 Å². The number of aromatic nitrogens is 2. The smallest absolute Gasteiger partial charge is 0.322 e. The number of carbonyl (C=O) groups is 1. The van der Waals surface area contributed by atoms with Crippen molar-refractivity contribution in [3.05, 3.63) is 64.9 Å². The van der Waals surface area contributed by atoms with Gasteiger partial charge in [-0.25, -0.2) is 9.48 Å². The number of urea groups is 1. The lowest BCUT2D eigenvalue weighted by atomic mass is 9.99. The number of hydrogen-bond acceptors (Lipinski definition) is 4. The first-order valence-corrected chi connectivity index (χ1v) is 9.56. The monoisotopic (exact) mass is 412 g/mol. The van der Waals surface area contributed by atoms with E-state index in [1.807, 2.05) is 36.5 Å². The highest BCUT2D eigenvalue weighted by Crippen LogP contribution is 2.33. The van der Waals surface area contributed by atoms with Gasteiger partial charge in [-0.1, -0.05) is 11.6 Å². The molecule has 29 heavy (non-hydrogen) atoms. The van der Waals surface area contributed by atoms with Crippen LogP contribution in [0.2, 0.25) is 5.02 Å². The van der Waals surface area contributed by atoms with Gasteiger partial charge < -0.3 is 19.7 Å². The molecule has 2 heterocycles. The number of nitrogens with one attached hydrogen (secondary N) is 1. The summed E-state index contributed by atoms with van der Waals surface area (Å²) in [5, 5.41) is 7.61. The molecule has 0 bridgehead atoms. The van der Waals surface area contributed by atoms with E-state index in [2.05, 4.69) is 10.4 Å². The van der Waals surface area contributed by atoms with E-state index in [9.17, 15) is 4.79 Å². The molecule has 0 atom stereocenters. The van der Waals surface area contributed by atoms with E-state index in [4.69, 9.17) is 21.1 Å². The molecule has 0 aliphatic carbocycles. The van der Waals surface area contributed by atoms with Crippen LogP contribution < -0.4 is 14.8 Å². The van der Waals surface area contributed by atoms with Crippen molar-refractivity contribution >= 4 is 23.3 Å². The maximum Gasteiger partial charge on any atom is 0.322 e. The highest BCUT2D eigenvalue weighted by Gasteiger charge is 2.23. The largest absolute Gasteiger partial charge is 0.493 e. The molecule has 4 rings (SSSR count). The Balaban J connectivity index is 1.48. The lowest BCUT2D eigenvalue weighted by Crippen LogP contribution is -2.38. The van der Waals surface area contributed by atoms with Gasteiger partial charge in [0.1, 0.15) is 0 Å². The third kappa shape index (κ3) is 3.86. The second-order valence-electron chi connectivity index (χ2n) is 6.69. The summed E-state index contributed by atoms with van der Waals surface area (Å²) in [5.74, 6) is 1.37. The maximum atomic E-state index is 12.8. The van der Waals surface area contributed by atoms with Crippen molar-refractivity contribution in [1.29, 1.82) is 0 Å². The van der Waals surface area contributed by atoms with Crippen LogP contribution in [0, 0.1) is 0 Å². The Bertz CT molecular complexity index is 1040. The van der Waals surface area contributed by atoms with Gasteiger partial charge in [-0.3, -0.25) is 0 Å². The van der Waals surface area contributed by atoms with Crippen LogP contribution in [-0.2, 0) is 13.0 Å². The first-order valence-electron chi connectivity index (χ1n) is 9.18. The van der Waals surface area contributed by atoms with Gasteiger partial charge >= 0.3 is 6.03 Å². The Hall–Kier alpha value is -3.19. The number of benzene rings is 2. The van der Waals surface area contributed by atoms with Gasteiger partial charge in [0.25, 0.3) is 0 Å². The number of fused-ring (bicyclic) bond motifs is 1. The van der Waals surface area contributed by atoms with Gasteiger partial charge in [0.15, 0.2) is 11.5 Å². The van der Waals surface area contributed by atoms with Gasteiger partial charge in [-0.2, -0.15) is 5.10 Å². The molecule has 1 N–H and O–H groups in total. The third-order valence-corrected chi connectivity index (χ3v) is 5.26. The SMILES string of the molecule is COc1cc2c(cc1OC)CN(C(=O)Nc1ccc(-n3cccn3)c(Cl)c1)CC2. The van der Waals surface area contributed by atoms with Gasteiger partial charge in [0, 0.05) is 31.2 Å². The van der Waals surface area contributed by atoms with Crippen molar-refractivity contribution in [3.63, 3.8) is 0 Å². The van der Waals surface area contributed by atoms with Gasteiger partial charge in [0.2, 0.25) is 0 Å². The first-order chi connectivity index (χ1) is 14.1. The first kappa shape index (κ1) is 19.1. The van der Waals surface area contributed by atoms with Crippen molar-refractivity contribution in [3.8, 4) is 17.2 Å². The molecule has 8 heteroatoms. The number of hydrogen-bond donors (Lipinski definition) is 1. The van der Waals surface area contributed by atoms with Crippen LogP contribution in [0.25, 0.3) is 5.69 Å². The van der Waals surface area contributed by atoms with Crippen LogP contribution in [0.15, 0.2) is 48.8 Å².